The maximum atomic E-state index is 11.6. The van der Waals surface area contributed by atoms with E-state index in [4.69, 9.17) is 9.47 Å². The smallest absolute Gasteiger partial charge is 0.426 e. The van der Waals surface area contributed by atoms with Gasteiger partial charge in [0, 0.05) is 7.05 Å². The third-order valence-electron chi connectivity index (χ3n) is 1.76. The molecule has 3 amide bonds. The summed E-state index contributed by atoms with van der Waals surface area (Å²) in [6.45, 7) is 10.1. The Balaban J connectivity index is 4.06. The molecule has 0 unspecified atom stereocenters. The van der Waals surface area contributed by atoms with Gasteiger partial charge in [0.1, 0.15) is 11.2 Å². The first kappa shape index (κ1) is 20.0. The van der Waals surface area contributed by atoms with Crippen molar-refractivity contribution in [1.29, 1.82) is 0 Å². The van der Waals surface area contributed by atoms with Gasteiger partial charge in [0.25, 0.3) is 5.91 Å². The molecule has 3 N–H and O–H groups in total. The molecule has 0 aromatic heterocycles. The van der Waals surface area contributed by atoms with Crippen LogP contribution in [-0.2, 0) is 14.3 Å². The van der Waals surface area contributed by atoms with Crippen molar-refractivity contribution in [3.63, 3.8) is 0 Å². The molecule has 22 heavy (non-hydrogen) atoms. The first-order valence-corrected chi connectivity index (χ1v) is 6.77. The first-order chi connectivity index (χ1) is 9.78. The van der Waals surface area contributed by atoms with Crippen LogP contribution in [0.4, 0.5) is 9.59 Å². The van der Waals surface area contributed by atoms with E-state index in [1.165, 1.54) is 12.1 Å². The summed E-state index contributed by atoms with van der Waals surface area (Å²) >= 11 is 0. The minimum Gasteiger partial charge on any atom is -0.443 e. The van der Waals surface area contributed by atoms with Gasteiger partial charge < -0.3 is 9.47 Å². The fourth-order valence-corrected chi connectivity index (χ4v) is 1.18. The average Bonchev–Trinajstić information content (AvgIpc) is 2.20. The molecule has 0 aliphatic heterocycles. The SMILES string of the molecule is CN(CC(=O)NNC(=O)OC(C)(C)C)NC(=O)OC(C)(C)C. The topological polar surface area (TPSA) is 109 Å². The van der Waals surface area contributed by atoms with Crippen LogP contribution in [0, 0.1) is 0 Å². The number of amides is 3. The number of nitrogens with zero attached hydrogens (tertiary/aromatic N) is 1. The zero-order chi connectivity index (χ0) is 17.6. The van der Waals surface area contributed by atoms with Crippen molar-refractivity contribution in [1.82, 2.24) is 21.3 Å². The second-order valence-corrected chi connectivity index (χ2v) is 6.64. The number of hydrazine groups is 2. The summed E-state index contributed by atoms with van der Waals surface area (Å²) in [6.07, 6.45) is -1.45. The van der Waals surface area contributed by atoms with Gasteiger partial charge in [-0.1, -0.05) is 0 Å². The van der Waals surface area contributed by atoms with Crippen molar-refractivity contribution < 1.29 is 23.9 Å². The monoisotopic (exact) mass is 318 g/mol. The molecule has 128 valence electrons. The summed E-state index contributed by atoms with van der Waals surface area (Å²) in [7, 11) is 1.48. The van der Waals surface area contributed by atoms with Gasteiger partial charge in [-0.25, -0.2) is 20.0 Å². The second-order valence-electron chi connectivity index (χ2n) is 6.64. The normalized spacial score (nSPS) is 11.6. The van der Waals surface area contributed by atoms with Gasteiger partial charge in [-0.3, -0.25) is 15.6 Å². The molecular formula is C13H26N4O5. The van der Waals surface area contributed by atoms with Crippen LogP contribution in [0.2, 0.25) is 0 Å². The predicted molar refractivity (Wildman–Crippen MR) is 79.5 cm³/mol. The molecule has 0 bridgehead atoms. The fraction of sp³-hybridized carbons (Fsp3) is 0.769. The minimum absolute atomic E-state index is 0.185. The van der Waals surface area contributed by atoms with Crippen molar-refractivity contribution >= 4 is 18.1 Å². The molecular weight excluding hydrogens is 292 g/mol. The Morgan fingerprint density at radius 1 is 0.864 bits per heavy atom. The zero-order valence-electron chi connectivity index (χ0n) is 14.2. The Kier molecular flexibility index (Phi) is 7.11. The summed E-state index contributed by atoms with van der Waals surface area (Å²) in [5.41, 5.74) is 5.33. The number of ether oxygens (including phenoxy) is 2. The average molecular weight is 318 g/mol. The van der Waals surface area contributed by atoms with Crippen molar-refractivity contribution in [3.8, 4) is 0 Å². The molecule has 0 aliphatic rings. The summed E-state index contributed by atoms with van der Waals surface area (Å²) in [5.74, 6) is -0.538. The first-order valence-electron chi connectivity index (χ1n) is 6.77. The Bertz CT molecular complexity index is 412. The summed E-state index contributed by atoms with van der Waals surface area (Å²) in [5, 5.41) is 1.22. The van der Waals surface area contributed by atoms with Gasteiger partial charge in [0.2, 0.25) is 0 Å². The molecule has 0 spiro atoms. The van der Waals surface area contributed by atoms with E-state index in [0.29, 0.717) is 0 Å². The summed E-state index contributed by atoms with van der Waals surface area (Å²) < 4.78 is 9.97. The maximum Gasteiger partial charge on any atom is 0.426 e. The molecule has 0 heterocycles. The molecule has 0 rings (SSSR count). The van der Waals surface area contributed by atoms with Crippen LogP contribution >= 0.6 is 0 Å². The Labute approximate surface area is 130 Å². The van der Waals surface area contributed by atoms with Crippen LogP contribution in [0.15, 0.2) is 0 Å². The van der Waals surface area contributed by atoms with E-state index in [0.717, 1.165) is 0 Å². The number of carbonyl (C=O) groups is 3. The largest absolute Gasteiger partial charge is 0.443 e. The van der Waals surface area contributed by atoms with E-state index in [1.807, 2.05) is 0 Å². The van der Waals surface area contributed by atoms with Crippen molar-refractivity contribution in [3.05, 3.63) is 0 Å². The predicted octanol–water partition coefficient (Wildman–Crippen LogP) is 0.914. The summed E-state index contributed by atoms with van der Waals surface area (Å²) in [4.78, 5) is 34.4. The molecule has 9 heteroatoms. The van der Waals surface area contributed by atoms with Crippen molar-refractivity contribution in [2.75, 3.05) is 13.6 Å². The molecule has 0 saturated heterocycles. The van der Waals surface area contributed by atoms with Crippen molar-refractivity contribution in [2.24, 2.45) is 0 Å². The lowest BCUT2D eigenvalue weighted by atomic mass is 10.2. The molecule has 0 aromatic carbocycles. The lowest BCUT2D eigenvalue weighted by Gasteiger charge is -2.23. The third kappa shape index (κ3) is 11.8. The standard InChI is InChI=1S/C13H26N4O5/c1-12(2,3)21-10(19)15-14-9(18)8-17(7)16-11(20)22-13(4,5)6/h8H2,1-7H3,(H,14,18)(H,15,19)(H,16,20). The lowest BCUT2D eigenvalue weighted by Crippen LogP contribution is -2.51. The molecule has 0 saturated carbocycles. The van der Waals surface area contributed by atoms with Crippen LogP contribution in [0.3, 0.4) is 0 Å². The Morgan fingerprint density at radius 3 is 1.77 bits per heavy atom. The van der Waals surface area contributed by atoms with Crippen molar-refractivity contribution in [2.45, 2.75) is 52.7 Å². The Morgan fingerprint density at radius 2 is 1.32 bits per heavy atom. The molecule has 0 aromatic rings. The third-order valence-corrected chi connectivity index (χ3v) is 1.76. The summed E-state index contributed by atoms with van der Waals surface area (Å²) in [6, 6.07) is 0. The highest BCUT2D eigenvalue weighted by molar-refractivity contribution is 5.81. The molecule has 0 radical (unpaired) electrons. The number of likely N-dealkylation sites (N-methyl/N-ethyl adjacent to an activating group) is 1. The highest BCUT2D eigenvalue weighted by atomic mass is 16.6. The number of hydrogen-bond acceptors (Lipinski definition) is 6. The van der Waals surface area contributed by atoms with Gasteiger partial charge in [-0.15, -0.1) is 0 Å². The quantitative estimate of drug-likeness (QED) is 0.668. The van der Waals surface area contributed by atoms with Gasteiger partial charge >= 0.3 is 12.2 Å². The maximum absolute atomic E-state index is 11.6. The van der Waals surface area contributed by atoms with Crippen LogP contribution in [0.1, 0.15) is 41.5 Å². The van der Waals surface area contributed by atoms with Crippen LogP contribution in [-0.4, -0.2) is 47.9 Å². The lowest BCUT2D eigenvalue weighted by molar-refractivity contribution is -0.123. The van der Waals surface area contributed by atoms with Crippen LogP contribution < -0.4 is 16.3 Å². The van der Waals surface area contributed by atoms with Gasteiger partial charge in [0.15, 0.2) is 0 Å². The highest BCUT2D eigenvalue weighted by Gasteiger charge is 2.19. The second kappa shape index (κ2) is 7.83. The highest BCUT2D eigenvalue weighted by Crippen LogP contribution is 2.06. The molecule has 0 fully saturated rings. The van der Waals surface area contributed by atoms with Crippen LogP contribution in [0.5, 0.6) is 0 Å². The zero-order valence-corrected chi connectivity index (χ0v) is 14.2. The van der Waals surface area contributed by atoms with E-state index in [-0.39, 0.29) is 6.54 Å². The van der Waals surface area contributed by atoms with E-state index >= 15 is 0 Å². The number of carbonyl (C=O) groups excluding carboxylic acids is 3. The van der Waals surface area contributed by atoms with E-state index < -0.39 is 29.3 Å². The molecule has 0 atom stereocenters. The Hall–Kier alpha value is -2.03. The van der Waals surface area contributed by atoms with E-state index in [2.05, 4.69) is 16.3 Å². The number of nitrogens with one attached hydrogen (secondary N) is 3. The van der Waals surface area contributed by atoms with E-state index in [9.17, 15) is 14.4 Å². The minimum atomic E-state index is -0.774. The molecule has 9 nitrogen and oxygen atoms in total. The van der Waals surface area contributed by atoms with Gasteiger partial charge in [-0.2, -0.15) is 0 Å². The van der Waals surface area contributed by atoms with E-state index in [1.54, 1.807) is 41.5 Å². The fourth-order valence-electron chi connectivity index (χ4n) is 1.18. The van der Waals surface area contributed by atoms with Gasteiger partial charge in [-0.05, 0) is 41.5 Å². The van der Waals surface area contributed by atoms with Crippen LogP contribution in [0.25, 0.3) is 0 Å². The molecule has 0 aliphatic carbocycles. The van der Waals surface area contributed by atoms with Gasteiger partial charge in [0.05, 0.1) is 6.54 Å². The number of rotatable bonds is 3. The number of hydrogen-bond donors (Lipinski definition) is 3.